The van der Waals surface area contributed by atoms with Crippen LogP contribution in [0.25, 0.3) is 0 Å². The highest BCUT2D eigenvalue weighted by atomic mass is 31.2. The molecule has 2 aromatic rings. The molecule has 0 heterocycles. The Balaban J connectivity index is 2.33. The van der Waals surface area contributed by atoms with Crippen molar-refractivity contribution in [3.8, 4) is 17.2 Å². The molecule has 10 heteroatoms. The van der Waals surface area contributed by atoms with E-state index in [1.165, 1.54) is 12.1 Å². The lowest BCUT2D eigenvalue weighted by Gasteiger charge is -2.26. The van der Waals surface area contributed by atoms with Crippen molar-refractivity contribution in [1.82, 2.24) is 0 Å². The summed E-state index contributed by atoms with van der Waals surface area (Å²) >= 11 is 0. The Kier molecular flexibility index (Phi) is 5.26. The van der Waals surface area contributed by atoms with Crippen LogP contribution in [0, 0.1) is 0 Å². The summed E-state index contributed by atoms with van der Waals surface area (Å²) in [5.74, 6) is -3.86. The average Bonchev–Trinajstić information content (AvgIpc) is 2.43. The maximum Gasteiger partial charge on any atom is 0.427 e. The minimum atomic E-state index is -4.83. The summed E-state index contributed by atoms with van der Waals surface area (Å²) in [6.07, 6.45) is -0.200. The summed E-state index contributed by atoms with van der Waals surface area (Å²) in [6, 6.07) is 7.65. The van der Waals surface area contributed by atoms with Crippen molar-refractivity contribution in [2.45, 2.75) is 18.6 Å². The number of hydrogen-bond donors (Lipinski definition) is 8. The van der Waals surface area contributed by atoms with Gasteiger partial charge in [0.05, 0.1) is 11.3 Å². The van der Waals surface area contributed by atoms with Crippen LogP contribution in [-0.4, -0.2) is 35.3 Å². The Hall–Kier alpha value is -2.29. The number of anilines is 1. The van der Waals surface area contributed by atoms with E-state index in [0.717, 1.165) is 12.1 Å². The van der Waals surface area contributed by atoms with Gasteiger partial charge in [-0.1, -0.05) is 12.1 Å². The van der Waals surface area contributed by atoms with Gasteiger partial charge in [0.15, 0.2) is 5.79 Å². The molecule has 0 radical (unpaired) electrons. The molecule has 0 unspecified atom stereocenters. The van der Waals surface area contributed by atoms with Crippen molar-refractivity contribution in [2.24, 2.45) is 0 Å². The Morgan fingerprint density at radius 3 is 2.12 bits per heavy atom. The second-order valence-electron chi connectivity index (χ2n) is 5.53. The number of hydrogen-bond acceptors (Lipinski definition) is 6. The molecule has 0 saturated heterocycles. The lowest BCUT2D eigenvalue weighted by atomic mass is 9.95. The molecule has 0 aliphatic heterocycles. The number of nitrogens with one attached hydrogen (secondary N) is 1. The molecule has 2 aromatic carbocycles. The van der Waals surface area contributed by atoms with Gasteiger partial charge in [0.1, 0.15) is 17.2 Å². The van der Waals surface area contributed by atoms with Gasteiger partial charge in [-0.3, -0.25) is 5.09 Å². The zero-order valence-corrected chi connectivity index (χ0v) is 13.8. The van der Waals surface area contributed by atoms with Crippen LogP contribution in [0.3, 0.4) is 0 Å². The van der Waals surface area contributed by atoms with Gasteiger partial charge in [-0.2, -0.15) is 0 Å². The molecule has 0 saturated carbocycles. The molecule has 136 valence electrons. The highest BCUT2D eigenvalue weighted by Gasteiger charge is 2.34. The molecule has 0 aliphatic carbocycles. The summed E-state index contributed by atoms with van der Waals surface area (Å²) in [6.45, 7) is 0. The molecular weight excluding hydrogens is 353 g/mol. The van der Waals surface area contributed by atoms with Crippen molar-refractivity contribution in [3.05, 3.63) is 47.5 Å². The van der Waals surface area contributed by atoms with Crippen LogP contribution in [-0.2, 0) is 16.8 Å². The van der Waals surface area contributed by atoms with Gasteiger partial charge in [-0.15, -0.1) is 0 Å². The van der Waals surface area contributed by atoms with Crippen molar-refractivity contribution in [2.75, 3.05) is 5.09 Å². The third-order valence-electron chi connectivity index (χ3n) is 3.47. The Labute approximate surface area is 142 Å². The standard InChI is InChI=1S/C15H18NO8P/c17-10-3-1-9(2-4-10)5-6-15(20,21)14-12(16-25(22,23)24)7-11(18)8-13(14)19/h1-4,7-8,17-21H,5-6H2,(H3,16,22,23,24). The fraction of sp³-hybridized carbons (Fsp3) is 0.200. The van der Waals surface area contributed by atoms with E-state index in [2.05, 4.69) is 0 Å². The van der Waals surface area contributed by atoms with Gasteiger partial charge in [0, 0.05) is 18.6 Å². The molecule has 0 bridgehead atoms. The number of phenolic OH excluding ortho intramolecular Hbond substituents is 3. The molecule has 0 aromatic heterocycles. The Morgan fingerprint density at radius 2 is 1.56 bits per heavy atom. The third-order valence-corrected chi connectivity index (χ3v) is 4.00. The van der Waals surface area contributed by atoms with Crippen LogP contribution in [0.2, 0.25) is 0 Å². The first-order chi connectivity index (χ1) is 11.5. The van der Waals surface area contributed by atoms with Gasteiger partial charge in [0.25, 0.3) is 0 Å². The number of aromatic hydroxyl groups is 3. The molecule has 25 heavy (non-hydrogen) atoms. The SMILES string of the molecule is O=P(O)(O)Nc1cc(O)cc(O)c1C(O)(O)CCc1ccc(O)cc1. The van der Waals surface area contributed by atoms with Gasteiger partial charge in [-0.05, 0) is 24.1 Å². The lowest BCUT2D eigenvalue weighted by molar-refractivity contribution is -0.174. The van der Waals surface area contributed by atoms with Gasteiger partial charge in [0.2, 0.25) is 0 Å². The van der Waals surface area contributed by atoms with Crippen LogP contribution < -0.4 is 5.09 Å². The van der Waals surface area contributed by atoms with E-state index in [9.17, 15) is 30.1 Å². The monoisotopic (exact) mass is 371 g/mol. The topological polar surface area (TPSA) is 171 Å². The first-order valence-electron chi connectivity index (χ1n) is 7.11. The van der Waals surface area contributed by atoms with E-state index in [1.807, 2.05) is 0 Å². The number of aliphatic hydroxyl groups is 2. The van der Waals surface area contributed by atoms with Crippen LogP contribution in [0.1, 0.15) is 17.5 Å². The highest BCUT2D eigenvalue weighted by Crippen LogP contribution is 2.45. The first-order valence-corrected chi connectivity index (χ1v) is 8.72. The van der Waals surface area contributed by atoms with E-state index in [1.54, 1.807) is 17.2 Å². The zero-order chi connectivity index (χ0) is 18.8. The molecule has 0 atom stereocenters. The summed E-state index contributed by atoms with van der Waals surface area (Å²) < 4.78 is 11.1. The maximum atomic E-state index is 11.1. The Bertz CT molecular complexity index is 800. The number of aryl methyl sites for hydroxylation is 1. The van der Waals surface area contributed by atoms with E-state index in [-0.39, 0.29) is 18.6 Å². The van der Waals surface area contributed by atoms with E-state index < -0.39 is 36.3 Å². The summed E-state index contributed by atoms with van der Waals surface area (Å²) in [4.78, 5) is 18.1. The van der Waals surface area contributed by atoms with Gasteiger partial charge < -0.3 is 35.3 Å². The molecule has 0 fully saturated rings. The minimum Gasteiger partial charge on any atom is -0.508 e. The van der Waals surface area contributed by atoms with Crippen LogP contribution in [0.5, 0.6) is 17.2 Å². The quantitative estimate of drug-likeness (QED) is 0.273. The fourth-order valence-corrected chi connectivity index (χ4v) is 2.87. The predicted octanol–water partition coefficient (Wildman–Crippen LogP) is 1.08. The maximum absolute atomic E-state index is 11.1. The average molecular weight is 371 g/mol. The summed E-state index contributed by atoms with van der Waals surface area (Å²) in [5, 5.41) is 51.0. The molecular formula is C15H18NO8P. The molecule has 8 N–H and O–H groups in total. The van der Waals surface area contributed by atoms with Crippen molar-refractivity contribution >= 4 is 13.4 Å². The molecule has 0 spiro atoms. The van der Waals surface area contributed by atoms with E-state index in [0.29, 0.717) is 5.56 Å². The highest BCUT2D eigenvalue weighted by molar-refractivity contribution is 7.53. The second-order valence-corrected chi connectivity index (χ2v) is 6.84. The number of phenols is 3. The molecule has 2 rings (SSSR count). The minimum absolute atomic E-state index is 0.0484. The summed E-state index contributed by atoms with van der Waals surface area (Å²) in [7, 11) is -4.83. The van der Waals surface area contributed by atoms with Gasteiger partial charge >= 0.3 is 7.75 Å². The van der Waals surface area contributed by atoms with E-state index >= 15 is 0 Å². The largest absolute Gasteiger partial charge is 0.508 e. The lowest BCUT2D eigenvalue weighted by Crippen LogP contribution is -2.27. The summed E-state index contributed by atoms with van der Waals surface area (Å²) in [5.41, 5.74) is -0.429. The van der Waals surface area contributed by atoms with Crippen molar-refractivity contribution < 1.29 is 39.9 Å². The molecule has 0 amide bonds. The predicted molar refractivity (Wildman–Crippen MR) is 88.0 cm³/mol. The second kappa shape index (κ2) is 6.91. The smallest absolute Gasteiger partial charge is 0.427 e. The van der Waals surface area contributed by atoms with Crippen LogP contribution in [0.4, 0.5) is 5.69 Å². The van der Waals surface area contributed by atoms with Crippen LogP contribution in [0.15, 0.2) is 36.4 Å². The fourth-order valence-electron chi connectivity index (χ4n) is 2.38. The van der Waals surface area contributed by atoms with Crippen LogP contribution >= 0.6 is 7.75 Å². The molecule has 9 nitrogen and oxygen atoms in total. The normalized spacial score (nSPS) is 12.2. The van der Waals surface area contributed by atoms with E-state index in [4.69, 9.17) is 9.79 Å². The third kappa shape index (κ3) is 5.09. The first kappa shape index (κ1) is 19.0. The number of benzene rings is 2. The molecule has 0 aliphatic rings. The van der Waals surface area contributed by atoms with Gasteiger partial charge in [-0.25, -0.2) is 4.57 Å². The zero-order valence-electron chi connectivity index (χ0n) is 12.9. The van der Waals surface area contributed by atoms with Crippen molar-refractivity contribution in [3.63, 3.8) is 0 Å². The Morgan fingerprint density at radius 1 is 0.960 bits per heavy atom. The van der Waals surface area contributed by atoms with Crippen molar-refractivity contribution in [1.29, 1.82) is 0 Å². The number of rotatable bonds is 6.